The molecule has 20 heavy (non-hydrogen) atoms. The second-order valence-corrected chi connectivity index (χ2v) is 6.27. The molecule has 0 amide bonds. The van der Waals surface area contributed by atoms with E-state index < -0.39 is 0 Å². The number of halogens is 1. The van der Waals surface area contributed by atoms with Gasteiger partial charge in [-0.25, -0.2) is 0 Å². The van der Waals surface area contributed by atoms with E-state index in [0.29, 0.717) is 0 Å². The Morgan fingerprint density at radius 2 is 2.15 bits per heavy atom. The zero-order chi connectivity index (χ0) is 14.3. The Hall–Kier alpha value is -1.13. The predicted octanol–water partition coefficient (Wildman–Crippen LogP) is 3.42. The lowest BCUT2D eigenvalue weighted by Crippen LogP contribution is -2.14. The summed E-state index contributed by atoms with van der Waals surface area (Å²) in [4.78, 5) is 0. The van der Waals surface area contributed by atoms with Gasteiger partial charge in [0.2, 0.25) is 0 Å². The fourth-order valence-electron chi connectivity index (χ4n) is 3.15. The van der Waals surface area contributed by atoms with E-state index in [4.69, 9.17) is 0 Å². The van der Waals surface area contributed by atoms with Gasteiger partial charge in [-0.3, -0.25) is 4.68 Å². The number of aryl methyl sites for hydroxylation is 2. The molecule has 1 aromatic heterocycles. The van der Waals surface area contributed by atoms with Gasteiger partial charge < -0.3 is 5.11 Å². The number of hydrogen-bond acceptors (Lipinski definition) is 2. The molecule has 1 N–H and O–H groups in total. The zero-order valence-corrected chi connectivity index (χ0v) is 13.4. The second-order valence-electron chi connectivity index (χ2n) is 5.47. The maximum absolute atomic E-state index is 10.5. The summed E-state index contributed by atoms with van der Waals surface area (Å²) in [5.74, 6) is 0.241. The van der Waals surface area contributed by atoms with Crippen LogP contribution >= 0.6 is 15.9 Å². The van der Waals surface area contributed by atoms with E-state index in [1.54, 1.807) is 0 Å². The first-order valence-corrected chi connectivity index (χ1v) is 7.88. The minimum absolute atomic E-state index is 0.241. The van der Waals surface area contributed by atoms with Crippen LogP contribution in [-0.2, 0) is 19.4 Å². The predicted molar refractivity (Wildman–Crippen MR) is 82.6 cm³/mol. The molecule has 3 nitrogen and oxygen atoms in total. The van der Waals surface area contributed by atoms with Crippen molar-refractivity contribution in [1.82, 2.24) is 9.78 Å². The van der Waals surface area contributed by atoms with Crippen LogP contribution in [0.5, 0.6) is 0 Å². The molecule has 4 heteroatoms. The van der Waals surface area contributed by atoms with Crippen molar-refractivity contribution < 1.29 is 5.11 Å². The molecule has 0 aliphatic heterocycles. The summed E-state index contributed by atoms with van der Waals surface area (Å²) >= 11 is 3.64. The summed E-state index contributed by atoms with van der Waals surface area (Å²) in [6.07, 6.45) is 1.43. The molecule has 3 rings (SSSR count). The van der Waals surface area contributed by atoms with Gasteiger partial charge in [0.05, 0.1) is 22.0 Å². The van der Waals surface area contributed by atoms with Crippen molar-refractivity contribution in [2.24, 2.45) is 5.92 Å². The highest BCUT2D eigenvalue weighted by molar-refractivity contribution is 9.10. The smallest absolute Gasteiger partial charge is 0.0827 e. The molecule has 1 aliphatic carbocycles. The Morgan fingerprint density at radius 1 is 1.40 bits per heavy atom. The number of aromatic nitrogens is 2. The highest BCUT2D eigenvalue weighted by atomic mass is 79.9. The first-order chi connectivity index (χ1) is 9.61. The minimum atomic E-state index is -0.362. The van der Waals surface area contributed by atoms with Gasteiger partial charge in [-0.2, -0.15) is 5.10 Å². The van der Waals surface area contributed by atoms with Crippen molar-refractivity contribution in [3.8, 4) is 0 Å². The highest BCUT2D eigenvalue weighted by Gasteiger charge is 2.32. The van der Waals surface area contributed by atoms with Crippen LogP contribution < -0.4 is 0 Å². The van der Waals surface area contributed by atoms with E-state index in [1.807, 2.05) is 29.8 Å². The molecule has 0 saturated carbocycles. The molecular weight excluding hydrogens is 316 g/mol. The lowest BCUT2D eigenvalue weighted by molar-refractivity contribution is 0.122. The van der Waals surface area contributed by atoms with Crippen molar-refractivity contribution >= 4 is 15.9 Å². The van der Waals surface area contributed by atoms with Crippen LogP contribution in [0.2, 0.25) is 0 Å². The Bertz CT molecular complexity index is 635. The van der Waals surface area contributed by atoms with Gasteiger partial charge in [0, 0.05) is 6.54 Å². The van der Waals surface area contributed by atoms with E-state index in [-0.39, 0.29) is 12.0 Å². The van der Waals surface area contributed by atoms with Crippen molar-refractivity contribution in [3.05, 3.63) is 51.3 Å². The minimum Gasteiger partial charge on any atom is -0.388 e. The average Bonchev–Trinajstić information content (AvgIpc) is 2.92. The fourth-order valence-corrected chi connectivity index (χ4v) is 3.60. The molecule has 0 bridgehead atoms. The van der Waals surface area contributed by atoms with Crippen LogP contribution in [-0.4, -0.2) is 14.9 Å². The van der Waals surface area contributed by atoms with Crippen LogP contribution in [0, 0.1) is 12.8 Å². The van der Waals surface area contributed by atoms with E-state index in [2.05, 4.69) is 34.0 Å². The first kappa shape index (κ1) is 13.8. The van der Waals surface area contributed by atoms with Crippen molar-refractivity contribution in [2.45, 2.75) is 39.3 Å². The SMILES string of the molecule is CCn1nc(C)c(Br)c1CC1Cc2ccccc2C1O. The lowest BCUT2D eigenvalue weighted by atomic mass is 9.97. The van der Waals surface area contributed by atoms with Gasteiger partial charge in [0.1, 0.15) is 0 Å². The van der Waals surface area contributed by atoms with E-state index >= 15 is 0 Å². The summed E-state index contributed by atoms with van der Waals surface area (Å²) < 4.78 is 3.12. The monoisotopic (exact) mass is 334 g/mol. The summed E-state index contributed by atoms with van der Waals surface area (Å²) in [7, 11) is 0. The van der Waals surface area contributed by atoms with E-state index in [0.717, 1.165) is 35.1 Å². The number of nitrogens with zero attached hydrogens (tertiary/aromatic N) is 2. The number of rotatable bonds is 3. The topological polar surface area (TPSA) is 38.0 Å². The van der Waals surface area contributed by atoms with Crippen LogP contribution in [0.3, 0.4) is 0 Å². The number of aliphatic hydroxyl groups is 1. The largest absolute Gasteiger partial charge is 0.388 e. The second kappa shape index (κ2) is 5.34. The lowest BCUT2D eigenvalue weighted by Gasteiger charge is -2.16. The molecule has 2 atom stereocenters. The number of benzene rings is 1. The normalized spacial score (nSPS) is 21.2. The first-order valence-electron chi connectivity index (χ1n) is 7.09. The summed E-state index contributed by atoms with van der Waals surface area (Å²) in [5.41, 5.74) is 4.59. The van der Waals surface area contributed by atoms with Crippen molar-refractivity contribution in [1.29, 1.82) is 0 Å². The van der Waals surface area contributed by atoms with Gasteiger partial charge in [0.25, 0.3) is 0 Å². The van der Waals surface area contributed by atoms with Crippen LogP contribution in [0.25, 0.3) is 0 Å². The van der Waals surface area contributed by atoms with Gasteiger partial charge in [-0.15, -0.1) is 0 Å². The molecule has 0 radical (unpaired) electrons. The van der Waals surface area contributed by atoms with E-state index in [1.165, 1.54) is 11.3 Å². The Kier molecular flexibility index (Phi) is 3.69. The molecule has 2 unspecified atom stereocenters. The van der Waals surface area contributed by atoms with Gasteiger partial charge in [-0.05, 0) is 59.7 Å². The maximum atomic E-state index is 10.5. The van der Waals surface area contributed by atoms with Gasteiger partial charge in [0.15, 0.2) is 0 Å². The van der Waals surface area contributed by atoms with Gasteiger partial charge in [-0.1, -0.05) is 24.3 Å². The third-order valence-corrected chi connectivity index (χ3v) is 5.24. The third kappa shape index (κ3) is 2.21. The quantitative estimate of drug-likeness (QED) is 0.933. The van der Waals surface area contributed by atoms with Crippen molar-refractivity contribution in [3.63, 3.8) is 0 Å². The summed E-state index contributed by atoms with van der Waals surface area (Å²) in [5, 5.41) is 15.1. The van der Waals surface area contributed by atoms with Crippen LogP contribution in [0.1, 0.15) is 35.5 Å². The summed E-state index contributed by atoms with van der Waals surface area (Å²) in [6, 6.07) is 8.21. The summed E-state index contributed by atoms with van der Waals surface area (Å²) in [6.45, 7) is 4.97. The molecule has 2 aromatic rings. The fraction of sp³-hybridized carbons (Fsp3) is 0.438. The highest BCUT2D eigenvalue weighted by Crippen LogP contribution is 2.38. The molecular formula is C16H19BrN2O. The Balaban J connectivity index is 1.87. The zero-order valence-electron chi connectivity index (χ0n) is 11.8. The Labute approximate surface area is 127 Å². The van der Waals surface area contributed by atoms with Crippen LogP contribution in [0.4, 0.5) is 0 Å². The molecule has 1 aliphatic rings. The van der Waals surface area contributed by atoms with Crippen molar-refractivity contribution in [2.75, 3.05) is 0 Å². The molecule has 1 aromatic carbocycles. The molecule has 1 heterocycles. The number of fused-ring (bicyclic) bond motifs is 1. The third-order valence-electron chi connectivity index (χ3n) is 4.21. The Morgan fingerprint density at radius 3 is 2.85 bits per heavy atom. The van der Waals surface area contributed by atoms with E-state index in [9.17, 15) is 5.11 Å². The molecule has 106 valence electrons. The molecule has 0 spiro atoms. The maximum Gasteiger partial charge on any atom is 0.0827 e. The van der Waals surface area contributed by atoms with Gasteiger partial charge >= 0.3 is 0 Å². The number of aliphatic hydroxyl groups excluding tert-OH is 1. The molecule has 0 saturated heterocycles. The standard InChI is InChI=1S/C16H19BrN2O/c1-3-19-14(15(17)10(2)18-19)9-12-8-11-6-4-5-7-13(11)16(12)20/h4-7,12,16,20H,3,8-9H2,1-2H3. The average molecular weight is 335 g/mol. The number of hydrogen-bond donors (Lipinski definition) is 1. The molecule has 0 fully saturated rings. The van der Waals surface area contributed by atoms with Crippen LogP contribution in [0.15, 0.2) is 28.7 Å².